The Morgan fingerprint density at radius 3 is 1.90 bits per heavy atom. The van der Waals surface area contributed by atoms with Crippen LogP contribution in [0.4, 0.5) is 0 Å². The van der Waals surface area contributed by atoms with Crippen LogP contribution in [-0.4, -0.2) is 6.54 Å². The standard InChI is InChI=1S/C20H27N/c1-7-21-20(18-9-8-13(2)10-15(18)4)19-16(5)11-14(3)12-17(19)6/h8-12,20-21H,7H2,1-6H3. The maximum absolute atomic E-state index is 3.68. The highest BCUT2D eigenvalue weighted by Gasteiger charge is 2.19. The summed E-state index contributed by atoms with van der Waals surface area (Å²) in [4.78, 5) is 0. The molecule has 1 heteroatoms. The van der Waals surface area contributed by atoms with Crippen molar-refractivity contribution in [1.29, 1.82) is 0 Å². The summed E-state index contributed by atoms with van der Waals surface area (Å²) in [7, 11) is 0. The van der Waals surface area contributed by atoms with Gasteiger partial charge in [-0.25, -0.2) is 0 Å². The molecule has 0 spiro atoms. The molecule has 0 amide bonds. The van der Waals surface area contributed by atoms with E-state index >= 15 is 0 Å². The van der Waals surface area contributed by atoms with Crippen LogP contribution in [0.1, 0.15) is 51.9 Å². The van der Waals surface area contributed by atoms with Crippen LogP contribution in [0.15, 0.2) is 30.3 Å². The second-order valence-electron chi connectivity index (χ2n) is 6.16. The lowest BCUT2D eigenvalue weighted by atomic mass is 9.87. The predicted molar refractivity (Wildman–Crippen MR) is 92.1 cm³/mol. The van der Waals surface area contributed by atoms with Gasteiger partial charge in [0.25, 0.3) is 0 Å². The van der Waals surface area contributed by atoms with E-state index in [0.29, 0.717) is 0 Å². The molecule has 0 bridgehead atoms. The first-order valence-corrected chi connectivity index (χ1v) is 7.82. The first-order valence-electron chi connectivity index (χ1n) is 7.82. The number of nitrogens with one attached hydrogen (secondary N) is 1. The summed E-state index contributed by atoms with van der Waals surface area (Å²) in [5.41, 5.74) is 9.58. The van der Waals surface area contributed by atoms with Gasteiger partial charge in [0.05, 0.1) is 6.04 Å². The number of hydrogen-bond acceptors (Lipinski definition) is 1. The zero-order valence-corrected chi connectivity index (χ0v) is 14.2. The topological polar surface area (TPSA) is 12.0 Å². The largest absolute Gasteiger partial charge is 0.307 e. The third-order valence-electron chi connectivity index (χ3n) is 4.17. The zero-order valence-electron chi connectivity index (χ0n) is 14.2. The van der Waals surface area contributed by atoms with Crippen molar-refractivity contribution >= 4 is 0 Å². The highest BCUT2D eigenvalue weighted by Crippen LogP contribution is 2.31. The molecule has 1 unspecified atom stereocenters. The quantitative estimate of drug-likeness (QED) is 0.838. The summed E-state index contributed by atoms with van der Waals surface area (Å²) in [6.07, 6.45) is 0. The van der Waals surface area contributed by atoms with E-state index in [1.807, 2.05) is 0 Å². The summed E-state index contributed by atoms with van der Waals surface area (Å²) in [5.74, 6) is 0. The molecule has 0 radical (unpaired) electrons. The number of rotatable bonds is 4. The van der Waals surface area contributed by atoms with E-state index in [0.717, 1.165) is 6.54 Å². The Morgan fingerprint density at radius 1 is 0.810 bits per heavy atom. The minimum Gasteiger partial charge on any atom is -0.307 e. The maximum Gasteiger partial charge on any atom is 0.0584 e. The van der Waals surface area contributed by atoms with Gasteiger partial charge in [-0.3, -0.25) is 0 Å². The lowest BCUT2D eigenvalue weighted by Crippen LogP contribution is -2.24. The fourth-order valence-corrected chi connectivity index (χ4v) is 3.37. The molecule has 0 aliphatic rings. The molecule has 0 aliphatic carbocycles. The molecular formula is C20H27N. The molecule has 2 rings (SSSR count). The molecule has 0 aliphatic heterocycles. The summed E-state index contributed by atoms with van der Waals surface area (Å²) in [5, 5.41) is 3.68. The van der Waals surface area contributed by atoms with Crippen molar-refractivity contribution < 1.29 is 0 Å². The zero-order chi connectivity index (χ0) is 15.6. The Bertz CT molecular complexity index is 617. The summed E-state index contributed by atoms with van der Waals surface area (Å²) < 4.78 is 0. The first-order chi connectivity index (χ1) is 9.93. The van der Waals surface area contributed by atoms with Crippen LogP contribution < -0.4 is 5.32 Å². The Balaban J connectivity index is 2.59. The van der Waals surface area contributed by atoms with Crippen molar-refractivity contribution in [3.63, 3.8) is 0 Å². The average Bonchev–Trinajstić information content (AvgIpc) is 2.37. The minimum absolute atomic E-state index is 0.274. The molecule has 2 aromatic rings. The van der Waals surface area contributed by atoms with Gasteiger partial charge >= 0.3 is 0 Å². The molecule has 0 fully saturated rings. The molecule has 0 heterocycles. The number of aryl methyl sites for hydroxylation is 5. The van der Waals surface area contributed by atoms with Crippen LogP contribution in [0.3, 0.4) is 0 Å². The van der Waals surface area contributed by atoms with Crippen LogP contribution in [0.2, 0.25) is 0 Å². The highest BCUT2D eigenvalue weighted by atomic mass is 14.9. The second-order valence-corrected chi connectivity index (χ2v) is 6.16. The molecule has 0 aromatic heterocycles. The van der Waals surface area contributed by atoms with Gasteiger partial charge in [0, 0.05) is 0 Å². The summed E-state index contributed by atoms with van der Waals surface area (Å²) >= 11 is 0. The Kier molecular flexibility index (Phi) is 4.84. The van der Waals surface area contributed by atoms with Gasteiger partial charge in [-0.2, -0.15) is 0 Å². The van der Waals surface area contributed by atoms with Crippen LogP contribution in [-0.2, 0) is 0 Å². The monoisotopic (exact) mass is 281 g/mol. The fraction of sp³-hybridized carbons (Fsp3) is 0.400. The van der Waals surface area contributed by atoms with E-state index in [1.54, 1.807) is 0 Å². The van der Waals surface area contributed by atoms with Crippen molar-refractivity contribution in [3.05, 3.63) is 69.3 Å². The van der Waals surface area contributed by atoms with E-state index in [2.05, 4.69) is 77.2 Å². The molecule has 0 saturated carbocycles. The van der Waals surface area contributed by atoms with Crippen LogP contribution in [0, 0.1) is 34.6 Å². The van der Waals surface area contributed by atoms with Gasteiger partial charge in [0.15, 0.2) is 0 Å². The number of hydrogen-bond donors (Lipinski definition) is 1. The fourth-order valence-electron chi connectivity index (χ4n) is 3.37. The Labute approximate surface area is 129 Å². The van der Waals surface area contributed by atoms with Crippen molar-refractivity contribution in [2.45, 2.75) is 47.6 Å². The van der Waals surface area contributed by atoms with E-state index < -0.39 is 0 Å². The van der Waals surface area contributed by atoms with Gasteiger partial charge in [-0.15, -0.1) is 0 Å². The Hall–Kier alpha value is -1.60. The molecular weight excluding hydrogens is 254 g/mol. The van der Waals surface area contributed by atoms with Gasteiger partial charge in [-0.1, -0.05) is 48.4 Å². The smallest absolute Gasteiger partial charge is 0.0584 e. The number of benzene rings is 2. The normalized spacial score (nSPS) is 12.5. The molecule has 1 nitrogen and oxygen atoms in total. The molecule has 1 atom stereocenters. The molecule has 2 aromatic carbocycles. The first kappa shape index (κ1) is 15.8. The van der Waals surface area contributed by atoms with Crippen LogP contribution in [0.25, 0.3) is 0 Å². The molecule has 112 valence electrons. The van der Waals surface area contributed by atoms with Crippen molar-refractivity contribution in [2.24, 2.45) is 0 Å². The predicted octanol–water partition coefficient (Wildman–Crippen LogP) is 4.93. The van der Waals surface area contributed by atoms with Crippen molar-refractivity contribution in [3.8, 4) is 0 Å². The molecule has 21 heavy (non-hydrogen) atoms. The minimum atomic E-state index is 0.274. The van der Waals surface area contributed by atoms with Crippen molar-refractivity contribution in [1.82, 2.24) is 5.32 Å². The Morgan fingerprint density at radius 2 is 1.38 bits per heavy atom. The summed E-state index contributed by atoms with van der Waals surface area (Å²) in [6, 6.07) is 11.6. The van der Waals surface area contributed by atoms with E-state index in [4.69, 9.17) is 0 Å². The maximum atomic E-state index is 3.68. The third-order valence-corrected chi connectivity index (χ3v) is 4.17. The molecule has 0 saturated heterocycles. The van der Waals surface area contributed by atoms with Crippen LogP contribution >= 0.6 is 0 Å². The van der Waals surface area contributed by atoms with E-state index in [9.17, 15) is 0 Å². The van der Waals surface area contributed by atoms with E-state index in [-0.39, 0.29) is 6.04 Å². The van der Waals surface area contributed by atoms with Gasteiger partial charge < -0.3 is 5.32 Å². The third kappa shape index (κ3) is 3.36. The van der Waals surface area contributed by atoms with Crippen LogP contribution in [0.5, 0.6) is 0 Å². The van der Waals surface area contributed by atoms with Crippen molar-refractivity contribution in [2.75, 3.05) is 6.54 Å². The second kappa shape index (κ2) is 6.44. The highest BCUT2D eigenvalue weighted by molar-refractivity contribution is 5.46. The lowest BCUT2D eigenvalue weighted by Gasteiger charge is -2.25. The summed E-state index contributed by atoms with van der Waals surface area (Å²) in [6.45, 7) is 14.1. The molecule has 1 N–H and O–H groups in total. The van der Waals surface area contributed by atoms with Gasteiger partial charge in [0.1, 0.15) is 0 Å². The van der Waals surface area contributed by atoms with Gasteiger partial charge in [0.2, 0.25) is 0 Å². The SMILES string of the molecule is CCNC(c1ccc(C)cc1C)c1c(C)cc(C)cc1C. The lowest BCUT2D eigenvalue weighted by molar-refractivity contribution is 0.621. The van der Waals surface area contributed by atoms with E-state index in [1.165, 1.54) is 38.9 Å². The average molecular weight is 281 g/mol. The van der Waals surface area contributed by atoms with Gasteiger partial charge in [-0.05, 0) is 69.0 Å².